The molecule has 5 nitrogen and oxygen atoms in total. The van der Waals surface area contributed by atoms with Crippen LogP contribution in [0.3, 0.4) is 0 Å². The number of anilines is 1. The number of methoxy groups -OCH3 is 1. The van der Waals surface area contributed by atoms with Gasteiger partial charge in [0.1, 0.15) is 0 Å². The predicted octanol–water partition coefficient (Wildman–Crippen LogP) is 3.35. The largest absolute Gasteiger partial charge is 0.465 e. The summed E-state index contributed by atoms with van der Waals surface area (Å²) in [5.74, 6) is -0.445. The number of esters is 1. The van der Waals surface area contributed by atoms with Gasteiger partial charge in [-0.3, -0.25) is 4.68 Å². The third-order valence-electron chi connectivity index (χ3n) is 3.01. The van der Waals surface area contributed by atoms with Crippen LogP contribution in [0.1, 0.15) is 29.3 Å². The Morgan fingerprint density at radius 1 is 1.48 bits per heavy atom. The van der Waals surface area contributed by atoms with E-state index < -0.39 is 5.97 Å². The van der Waals surface area contributed by atoms with E-state index in [4.69, 9.17) is 16.3 Å². The molecule has 1 heterocycles. The van der Waals surface area contributed by atoms with Crippen molar-refractivity contribution in [3.05, 3.63) is 46.7 Å². The van der Waals surface area contributed by atoms with E-state index >= 15 is 0 Å². The first kappa shape index (κ1) is 15.4. The van der Waals surface area contributed by atoms with E-state index in [9.17, 15) is 4.79 Å². The third kappa shape index (κ3) is 3.98. The molecule has 6 heteroatoms. The van der Waals surface area contributed by atoms with E-state index in [0.717, 1.165) is 24.2 Å². The minimum absolute atomic E-state index is 0.353. The fraction of sp³-hybridized carbons (Fsp3) is 0.333. The number of carbonyl (C=O) groups excluding carboxylic acids is 1. The molecule has 2 aromatic rings. The SMILES string of the molecule is CCCn1cc(CNc2ccc(Cl)c(C(=O)OC)c2)cn1. The van der Waals surface area contributed by atoms with E-state index in [1.165, 1.54) is 7.11 Å². The van der Waals surface area contributed by atoms with Crippen LogP contribution < -0.4 is 5.32 Å². The zero-order valence-corrected chi connectivity index (χ0v) is 12.9. The zero-order chi connectivity index (χ0) is 15.2. The molecule has 0 fully saturated rings. The van der Waals surface area contributed by atoms with Crippen LogP contribution in [0.2, 0.25) is 5.02 Å². The van der Waals surface area contributed by atoms with E-state index in [1.807, 2.05) is 23.1 Å². The molecule has 112 valence electrons. The Bertz CT molecular complexity index is 625. The Hall–Kier alpha value is -2.01. The number of rotatable bonds is 6. The summed E-state index contributed by atoms with van der Waals surface area (Å²) < 4.78 is 6.62. The lowest BCUT2D eigenvalue weighted by Crippen LogP contribution is -2.04. The van der Waals surface area contributed by atoms with Gasteiger partial charge in [-0.2, -0.15) is 5.10 Å². The summed E-state index contributed by atoms with van der Waals surface area (Å²) in [6.45, 7) is 3.65. The summed E-state index contributed by atoms with van der Waals surface area (Å²) in [5.41, 5.74) is 2.24. The number of halogens is 1. The summed E-state index contributed by atoms with van der Waals surface area (Å²) >= 11 is 5.98. The molecular weight excluding hydrogens is 290 g/mol. The number of benzene rings is 1. The molecule has 0 radical (unpaired) electrons. The van der Waals surface area contributed by atoms with Crippen molar-refractivity contribution in [1.29, 1.82) is 0 Å². The highest BCUT2D eigenvalue weighted by atomic mass is 35.5. The van der Waals surface area contributed by atoms with Crippen LogP contribution in [-0.2, 0) is 17.8 Å². The van der Waals surface area contributed by atoms with Crippen molar-refractivity contribution < 1.29 is 9.53 Å². The minimum Gasteiger partial charge on any atom is -0.465 e. The van der Waals surface area contributed by atoms with Crippen molar-refractivity contribution in [2.75, 3.05) is 12.4 Å². The minimum atomic E-state index is -0.445. The van der Waals surface area contributed by atoms with E-state index in [1.54, 1.807) is 12.1 Å². The number of hydrogen-bond acceptors (Lipinski definition) is 4. The molecule has 0 saturated carbocycles. The molecule has 2 rings (SSSR count). The van der Waals surface area contributed by atoms with Gasteiger partial charge in [-0.1, -0.05) is 18.5 Å². The lowest BCUT2D eigenvalue weighted by atomic mass is 10.2. The highest BCUT2D eigenvalue weighted by Crippen LogP contribution is 2.21. The van der Waals surface area contributed by atoms with Gasteiger partial charge >= 0.3 is 5.97 Å². The molecule has 1 aromatic heterocycles. The third-order valence-corrected chi connectivity index (χ3v) is 3.34. The van der Waals surface area contributed by atoms with Crippen LogP contribution in [-0.4, -0.2) is 22.9 Å². The van der Waals surface area contributed by atoms with Gasteiger partial charge in [0, 0.05) is 30.5 Å². The van der Waals surface area contributed by atoms with Crippen LogP contribution in [0.4, 0.5) is 5.69 Å². The first-order chi connectivity index (χ1) is 10.1. The second-order valence-electron chi connectivity index (χ2n) is 4.65. The number of carbonyl (C=O) groups is 1. The molecule has 0 saturated heterocycles. The average Bonchev–Trinajstić information content (AvgIpc) is 2.94. The topological polar surface area (TPSA) is 56.2 Å². The average molecular weight is 308 g/mol. The molecule has 0 atom stereocenters. The molecule has 21 heavy (non-hydrogen) atoms. The van der Waals surface area contributed by atoms with Gasteiger partial charge in [-0.05, 0) is 24.6 Å². The maximum Gasteiger partial charge on any atom is 0.339 e. The highest BCUT2D eigenvalue weighted by Gasteiger charge is 2.11. The number of aromatic nitrogens is 2. The van der Waals surface area contributed by atoms with Gasteiger partial charge in [0.05, 0.1) is 23.9 Å². The van der Waals surface area contributed by atoms with Crippen molar-refractivity contribution in [3.63, 3.8) is 0 Å². The van der Waals surface area contributed by atoms with Crippen LogP contribution >= 0.6 is 11.6 Å². The molecule has 0 bridgehead atoms. The quantitative estimate of drug-likeness (QED) is 0.832. The van der Waals surface area contributed by atoms with Gasteiger partial charge in [-0.25, -0.2) is 4.79 Å². The molecule has 0 spiro atoms. The number of ether oxygens (including phenoxy) is 1. The van der Waals surface area contributed by atoms with Crippen molar-refractivity contribution >= 4 is 23.3 Å². The molecule has 0 aliphatic heterocycles. The summed E-state index contributed by atoms with van der Waals surface area (Å²) in [6.07, 6.45) is 4.89. The normalized spacial score (nSPS) is 10.4. The van der Waals surface area contributed by atoms with Crippen LogP contribution in [0.5, 0.6) is 0 Å². The Labute approximate surface area is 128 Å². The lowest BCUT2D eigenvalue weighted by Gasteiger charge is -2.08. The van der Waals surface area contributed by atoms with Crippen LogP contribution in [0.15, 0.2) is 30.6 Å². The number of aryl methyl sites for hydroxylation is 1. The van der Waals surface area contributed by atoms with E-state index in [-0.39, 0.29) is 0 Å². The summed E-state index contributed by atoms with van der Waals surface area (Å²) in [5, 5.41) is 7.89. The Morgan fingerprint density at radius 3 is 3.00 bits per heavy atom. The number of nitrogens with zero attached hydrogens (tertiary/aromatic N) is 2. The van der Waals surface area contributed by atoms with Crippen molar-refractivity contribution in [1.82, 2.24) is 9.78 Å². The molecule has 0 amide bonds. The maximum absolute atomic E-state index is 11.6. The van der Waals surface area contributed by atoms with Crippen molar-refractivity contribution in [2.45, 2.75) is 26.4 Å². The summed E-state index contributed by atoms with van der Waals surface area (Å²) in [4.78, 5) is 11.6. The summed E-state index contributed by atoms with van der Waals surface area (Å²) in [7, 11) is 1.33. The van der Waals surface area contributed by atoms with Gasteiger partial charge in [0.15, 0.2) is 0 Å². The first-order valence-corrected chi connectivity index (χ1v) is 7.15. The van der Waals surface area contributed by atoms with Gasteiger partial charge in [-0.15, -0.1) is 0 Å². The molecule has 0 aliphatic rings. The van der Waals surface area contributed by atoms with Gasteiger partial charge < -0.3 is 10.1 Å². The van der Waals surface area contributed by atoms with Gasteiger partial charge in [0.25, 0.3) is 0 Å². The number of hydrogen-bond donors (Lipinski definition) is 1. The molecule has 0 aliphatic carbocycles. The second kappa shape index (κ2) is 7.13. The van der Waals surface area contributed by atoms with E-state index in [2.05, 4.69) is 17.3 Å². The Kier molecular flexibility index (Phi) is 5.22. The monoisotopic (exact) mass is 307 g/mol. The zero-order valence-electron chi connectivity index (χ0n) is 12.1. The summed E-state index contributed by atoms with van der Waals surface area (Å²) in [6, 6.07) is 5.19. The van der Waals surface area contributed by atoms with Gasteiger partial charge in [0.2, 0.25) is 0 Å². The molecule has 1 N–H and O–H groups in total. The highest BCUT2D eigenvalue weighted by molar-refractivity contribution is 6.33. The van der Waals surface area contributed by atoms with Crippen LogP contribution in [0, 0.1) is 0 Å². The molecular formula is C15H18ClN3O2. The Morgan fingerprint density at radius 2 is 2.29 bits per heavy atom. The smallest absolute Gasteiger partial charge is 0.339 e. The standard InChI is InChI=1S/C15H18ClN3O2/c1-3-6-19-10-11(9-18-19)8-17-12-4-5-14(16)13(7-12)15(20)21-2/h4-5,7,9-10,17H,3,6,8H2,1-2H3. The fourth-order valence-electron chi connectivity index (χ4n) is 1.95. The van der Waals surface area contributed by atoms with Crippen LogP contribution in [0.25, 0.3) is 0 Å². The lowest BCUT2D eigenvalue weighted by molar-refractivity contribution is 0.0601. The van der Waals surface area contributed by atoms with E-state index in [0.29, 0.717) is 17.1 Å². The predicted molar refractivity (Wildman–Crippen MR) is 82.6 cm³/mol. The fourth-order valence-corrected chi connectivity index (χ4v) is 2.15. The van der Waals surface area contributed by atoms with Crippen molar-refractivity contribution in [3.8, 4) is 0 Å². The second-order valence-corrected chi connectivity index (χ2v) is 5.06. The molecule has 1 aromatic carbocycles. The maximum atomic E-state index is 11.6. The first-order valence-electron chi connectivity index (χ1n) is 6.77. The molecule has 0 unspecified atom stereocenters. The number of nitrogens with one attached hydrogen (secondary N) is 1. The van der Waals surface area contributed by atoms with Crippen molar-refractivity contribution in [2.24, 2.45) is 0 Å². The Balaban J connectivity index is 2.04.